The second-order valence-corrected chi connectivity index (χ2v) is 6.81. The molecule has 0 saturated heterocycles. The Morgan fingerprint density at radius 1 is 1.28 bits per heavy atom. The highest BCUT2D eigenvalue weighted by Gasteiger charge is 2.15. The number of amides is 1. The zero-order valence-corrected chi connectivity index (χ0v) is 11.8. The Kier molecular flexibility index (Phi) is 5.00. The van der Waals surface area contributed by atoms with Crippen LogP contribution in [-0.4, -0.2) is 26.8 Å². The van der Waals surface area contributed by atoms with Crippen molar-refractivity contribution in [1.29, 1.82) is 0 Å². The van der Waals surface area contributed by atoms with Gasteiger partial charge >= 0.3 is 10.1 Å². The van der Waals surface area contributed by atoms with Gasteiger partial charge in [-0.1, -0.05) is 15.2 Å². The Labute approximate surface area is 109 Å². The van der Waals surface area contributed by atoms with Gasteiger partial charge in [0.2, 0.25) is 5.91 Å². The maximum atomic E-state index is 11.7. The van der Waals surface area contributed by atoms with Crippen molar-refractivity contribution in [2.45, 2.75) is 11.8 Å². The number of benzene rings is 1. The molecule has 0 aliphatic carbocycles. The lowest BCUT2D eigenvalue weighted by Gasteiger charge is -2.04. The van der Waals surface area contributed by atoms with E-state index < -0.39 is 20.8 Å². The van der Waals surface area contributed by atoms with Gasteiger partial charge in [-0.15, -0.1) is 4.28 Å². The van der Waals surface area contributed by atoms with E-state index in [1.807, 2.05) is 0 Å². The number of hydrogen-bond donors (Lipinski definition) is 1. The minimum atomic E-state index is -3.87. The molecule has 0 aromatic heterocycles. The number of nitrogens with zero attached hydrogens (tertiary/aromatic N) is 1. The first kappa shape index (κ1) is 14.8. The van der Waals surface area contributed by atoms with E-state index in [1.165, 1.54) is 31.2 Å². The van der Waals surface area contributed by atoms with Gasteiger partial charge in [0.25, 0.3) is 0 Å². The fourth-order valence-corrected chi connectivity index (χ4v) is 2.41. The molecule has 0 saturated carbocycles. The summed E-state index contributed by atoms with van der Waals surface area (Å²) in [5.41, 5.74) is 0.518. The summed E-state index contributed by atoms with van der Waals surface area (Å²) in [7, 11) is -4.35. The SMILES string of the molecule is CC(=O)Nc1ccc(S(=O)(=O)ON=S(C)C)cc1. The summed E-state index contributed by atoms with van der Waals surface area (Å²) in [5.74, 6) is -0.224. The van der Waals surface area contributed by atoms with Crippen LogP contribution in [0.3, 0.4) is 0 Å². The number of carbonyl (C=O) groups is 1. The quantitative estimate of drug-likeness (QED) is 0.848. The van der Waals surface area contributed by atoms with Crippen molar-refractivity contribution in [2.24, 2.45) is 4.53 Å². The zero-order valence-electron chi connectivity index (χ0n) is 10.2. The molecule has 0 aliphatic heterocycles. The van der Waals surface area contributed by atoms with Crippen molar-refractivity contribution >= 4 is 32.4 Å². The second-order valence-electron chi connectivity index (χ2n) is 3.58. The molecule has 0 bridgehead atoms. The van der Waals surface area contributed by atoms with Crippen molar-refractivity contribution in [3.63, 3.8) is 0 Å². The molecular weight excluding hydrogens is 276 g/mol. The van der Waals surface area contributed by atoms with Crippen LogP contribution in [0.1, 0.15) is 6.92 Å². The molecule has 0 unspecified atom stereocenters. The van der Waals surface area contributed by atoms with Gasteiger partial charge in [0.05, 0.1) is 4.90 Å². The molecule has 1 N–H and O–H groups in total. The van der Waals surface area contributed by atoms with E-state index in [4.69, 9.17) is 0 Å². The fraction of sp³-hybridized carbons (Fsp3) is 0.300. The van der Waals surface area contributed by atoms with Crippen LogP contribution in [0.4, 0.5) is 5.69 Å². The van der Waals surface area contributed by atoms with E-state index in [9.17, 15) is 13.2 Å². The lowest BCUT2D eigenvalue weighted by molar-refractivity contribution is -0.114. The first-order valence-electron chi connectivity index (χ1n) is 4.91. The van der Waals surface area contributed by atoms with Gasteiger partial charge in [0, 0.05) is 12.6 Å². The van der Waals surface area contributed by atoms with Gasteiger partial charge in [0.1, 0.15) is 0 Å². The molecule has 0 aliphatic rings. The van der Waals surface area contributed by atoms with Gasteiger partial charge < -0.3 is 5.32 Å². The van der Waals surface area contributed by atoms with Crippen molar-refractivity contribution in [1.82, 2.24) is 0 Å². The van der Waals surface area contributed by atoms with Crippen LogP contribution in [0.15, 0.2) is 33.7 Å². The van der Waals surface area contributed by atoms with E-state index in [-0.39, 0.29) is 10.8 Å². The summed E-state index contributed by atoms with van der Waals surface area (Å²) in [6.45, 7) is 1.37. The molecule has 0 spiro atoms. The summed E-state index contributed by atoms with van der Waals surface area (Å²) in [5, 5.41) is 2.54. The largest absolute Gasteiger partial charge is 0.326 e. The summed E-state index contributed by atoms with van der Waals surface area (Å²) in [6.07, 6.45) is 3.46. The average Bonchev–Trinajstić information content (AvgIpc) is 2.26. The molecule has 1 amide bonds. The Bertz CT molecular complexity index is 560. The highest BCUT2D eigenvalue weighted by atomic mass is 32.2. The molecule has 8 heteroatoms. The molecule has 1 aromatic rings. The van der Waals surface area contributed by atoms with Crippen LogP contribution in [0.25, 0.3) is 0 Å². The molecule has 1 rings (SSSR count). The van der Waals surface area contributed by atoms with E-state index in [0.29, 0.717) is 5.69 Å². The first-order chi connectivity index (χ1) is 8.31. The second kappa shape index (κ2) is 6.07. The standard InChI is InChI=1S/C10H14N2O4S2/c1-8(13)11-9-4-6-10(7-5-9)18(14,15)16-12-17(2)3/h4-7H,1-3H3,(H,11,13). The van der Waals surface area contributed by atoms with Gasteiger partial charge in [0.15, 0.2) is 0 Å². The normalized spacial score (nSPS) is 11.3. The highest BCUT2D eigenvalue weighted by molar-refractivity contribution is 7.88. The van der Waals surface area contributed by atoms with Crippen LogP contribution >= 0.6 is 0 Å². The van der Waals surface area contributed by atoms with Gasteiger partial charge in [-0.2, -0.15) is 8.42 Å². The molecular formula is C10H14N2O4S2. The monoisotopic (exact) mass is 290 g/mol. The zero-order chi connectivity index (χ0) is 13.8. The van der Waals surface area contributed by atoms with Gasteiger partial charge in [-0.25, -0.2) is 0 Å². The van der Waals surface area contributed by atoms with Crippen molar-refractivity contribution in [2.75, 3.05) is 17.8 Å². The highest BCUT2D eigenvalue weighted by Crippen LogP contribution is 2.16. The summed E-state index contributed by atoms with van der Waals surface area (Å²) < 4.78 is 31.4. The van der Waals surface area contributed by atoms with Crippen LogP contribution in [0.2, 0.25) is 0 Å². The predicted octanol–water partition coefficient (Wildman–Crippen LogP) is 1.33. The van der Waals surface area contributed by atoms with E-state index in [2.05, 4.69) is 14.1 Å². The average molecular weight is 290 g/mol. The van der Waals surface area contributed by atoms with Crippen molar-refractivity contribution in [3.8, 4) is 0 Å². The molecule has 1 aromatic carbocycles. The van der Waals surface area contributed by atoms with E-state index >= 15 is 0 Å². The first-order valence-corrected chi connectivity index (χ1v) is 8.32. The molecule has 100 valence electrons. The Hall–Kier alpha value is -1.25. The van der Waals surface area contributed by atoms with Crippen LogP contribution in [0.5, 0.6) is 0 Å². The van der Waals surface area contributed by atoms with Crippen molar-refractivity contribution < 1.29 is 17.5 Å². The van der Waals surface area contributed by atoms with Crippen molar-refractivity contribution in [3.05, 3.63) is 24.3 Å². The third kappa shape index (κ3) is 4.55. The smallest absolute Gasteiger partial charge is 0.319 e. The maximum absolute atomic E-state index is 11.7. The topological polar surface area (TPSA) is 84.8 Å². The molecule has 0 radical (unpaired) electrons. The lowest BCUT2D eigenvalue weighted by Crippen LogP contribution is -2.07. The van der Waals surface area contributed by atoms with Crippen LogP contribution in [-0.2, 0) is 29.9 Å². The molecule has 0 heterocycles. The number of carbonyl (C=O) groups excluding carboxylic acids is 1. The molecule has 6 nitrogen and oxygen atoms in total. The Morgan fingerprint density at radius 2 is 1.83 bits per heavy atom. The number of rotatable bonds is 4. The van der Waals surface area contributed by atoms with E-state index in [0.717, 1.165) is 0 Å². The van der Waals surface area contributed by atoms with E-state index in [1.54, 1.807) is 12.5 Å². The molecule has 18 heavy (non-hydrogen) atoms. The third-order valence-electron chi connectivity index (χ3n) is 1.74. The number of anilines is 1. The molecule has 0 atom stereocenters. The Morgan fingerprint density at radius 3 is 2.28 bits per heavy atom. The van der Waals surface area contributed by atoms with Gasteiger partial charge in [-0.05, 0) is 36.8 Å². The number of nitrogens with one attached hydrogen (secondary N) is 1. The number of hydrogen-bond acceptors (Lipinski definition) is 5. The Balaban J connectivity index is 2.91. The van der Waals surface area contributed by atoms with Crippen LogP contribution < -0.4 is 5.32 Å². The third-order valence-corrected chi connectivity index (χ3v) is 3.33. The van der Waals surface area contributed by atoms with Gasteiger partial charge in [-0.3, -0.25) is 4.79 Å². The fourth-order valence-electron chi connectivity index (χ4n) is 1.05. The maximum Gasteiger partial charge on any atom is 0.319 e. The summed E-state index contributed by atoms with van der Waals surface area (Å²) in [4.78, 5) is 10.8. The lowest BCUT2D eigenvalue weighted by atomic mass is 10.3. The minimum Gasteiger partial charge on any atom is -0.326 e. The van der Waals surface area contributed by atoms with Crippen LogP contribution in [0, 0.1) is 0 Å². The molecule has 0 fully saturated rings. The minimum absolute atomic E-state index is 0.00852. The predicted molar refractivity (Wildman–Crippen MR) is 70.7 cm³/mol. The summed E-state index contributed by atoms with van der Waals surface area (Å²) >= 11 is 0. The summed E-state index contributed by atoms with van der Waals surface area (Å²) in [6, 6.07) is 5.66.